The summed E-state index contributed by atoms with van der Waals surface area (Å²) in [5.74, 6) is 0.338. The fourth-order valence-corrected chi connectivity index (χ4v) is 3.17. The third kappa shape index (κ3) is 3.80. The van der Waals surface area contributed by atoms with E-state index < -0.39 is 22.0 Å². The molecule has 0 aliphatic carbocycles. The fraction of sp³-hybridized carbons (Fsp3) is 0.400. The minimum absolute atomic E-state index is 0.0608. The lowest BCUT2D eigenvalue weighted by Gasteiger charge is -2.15. The van der Waals surface area contributed by atoms with Crippen LogP contribution in [0.15, 0.2) is 21.6 Å². The monoisotopic (exact) mass is 352 g/mol. The second kappa shape index (κ2) is 6.70. The number of benzene rings is 1. The van der Waals surface area contributed by atoms with Crippen LogP contribution >= 0.6 is 0 Å². The normalized spacial score (nSPS) is 12.9. The quantitative estimate of drug-likeness (QED) is 0.839. The van der Waals surface area contributed by atoms with Gasteiger partial charge >= 0.3 is 0 Å². The Bertz CT molecular complexity index is 874. The van der Waals surface area contributed by atoms with Crippen LogP contribution in [0.5, 0.6) is 0 Å². The summed E-state index contributed by atoms with van der Waals surface area (Å²) in [7, 11) is -3.92. The number of hydrogen-bond donors (Lipinski definition) is 2. The summed E-state index contributed by atoms with van der Waals surface area (Å²) in [4.78, 5) is 16.5. The molecule has 1 amide bonds. The number of aromatic nitrogens is 2. The van der Waals surface area contributed by atoms with Crippen molar-refractivity contribution in [1.29, 1.82) is 0 Å². The molecule has 130 valence electrons. The average Bonchev–Trinajstić information content (AvgIpc) is 2.92. The molecule has 8 nitrogen and oxygen atoms in total. The Balaban J connectivity index is 2.34. The summed E-state index contributed by atoms with van der Waals surface area (Å²) < 4.78 is 28.5. The molecular formula is C15H20N4O4S. The van der Waals surface area contributed by atoms with Crippen LogP contribution in [0.3, 0.4) is 0 Å². The summed E-state index contributed by atoms with van der Waals surface area (Å²) in [6, 6.07) is 2.43. The Morgan fingerprint density at radius 3 is 2.50 bits per heavy atom. The van der Waals surface area contributed by atoms with Crippen LogP contribution < -0.4 is 10.5 Å². The highest BCUT2D eigenvalue weighted by Gasteiger charge is 2.22. The molecule has 1 aromatic carbocycles. The van der Waals surface area contributed by atoms with Gasteiger partial charge in [-0.05, 0) is 50.5 Å². The first-order valence-electron chi connectivity index (χ1n) is 7.38. The van der Waals surface area contributed by atoms with Crippen LogP contribution in [0.2, 0.25) is 0 Å². The van der Waals surface area contributed by atoms with Crippen molar-refractivity contribution in [2.75, 3.05) is 0 Å². The van der Waals surface area contributed by atoms with Crippen LogP contribution in [-0.2, 0) is 10.0 Å². The molecular weight excluding hydrogens is 332 g/mol. The zero-order chi connectivity index (χ0) is 18.1. The Morgan fingerprint density at radius 1 is 1.33 bits per heavy atom. The third-order valence-corrected chi connectivity index (χ3v) is 4.78. The van der Waals surface area contributed by atoms with E-state index in [1.54, 1.807) is 26.8 Å². The first-order chi connectivity index (χ1) is 11.1. The van der Waals surface area contributed by atoms with Gasteiger partial charge in [-0.3, -0.25) is 4.79 Å². The molecule has 2 aromatic rings. The zero-order valence-corrected chi connectivity index (χ0v) is 14.8. The number of nitrogens with two attached hydrogens (primary N) is 1. The van der Waals surface area contributed by atoms with Gasteiger partial charge in [0.05, 0.1) is 4.90 Å². The van der Waals surface area contributed by atoms with E-state index in [0.29, 0.717) is 29.3 Å². The average molecular weight is 352 g/mol. The summed E-state index contributed by atoms with van der Waals surface area (Å²) in [5.41, 5.74) is 1.39. The third-order valence-electron chi connectivity index (χ3n) is 3.74. The highest BCUT2D eigenvalue weighted by atomic mass is 32.2. The molecule has 9 heteroatoms. The molecule has 1 atom stereocenters. The fourth-order valence-electron chi connectivity index (χ4n) is 2.29. The van der Waals surface area contributed by atoms with Gasteiger partial charge in [0.15, 0.2) is 5.82 Å². The van der Waals surface area contributed by atoms with E-state index >= 15 is 0 Å². The van der Waals surface area contributed by atoms with E-state index in [1.807, 2.05) is 6.92 Å². The Labute approximate surface area is 140 Å². The van der Waals surface area contributed by atoms with Crippen molar-refractivity contribution in [2.24, 2.45) is 5.14 Å². The highest BCUT2D eigenvalue weighted by Crippen LogP contribution is 2.21. The number of nitrogens with one attached hydrogen (secondary N) is 1. The topological polar surface area (TPSA) is 128 Å². The highest BCUT2D eigenvalue weighted by molar-refractivity contribution is 7.89. The number of amides is 1. The van der Waals surface area contributed by atoms with Gasteiger partial charge in [-0.25, -0.2) is 13.6 Å². The van der Waals surface area contributed by atoms with Gasteiger partial charge < -0.3 is 9.84 Å². The van der Waals surface area contributed by atoms with Gasteiger partial charge in [0.25, 0.3) is 5.91 Å². The van der Waals surface area contributed by atoms with E-state index in [1.165, 1.54) is 6.07 Å². The van der Waals surface area contributed by atoms with Gasteiger partial charge in [-0.1, -0.05) is 12.1 Å². The number of rotatable bonds is 5. The second-order valence-electron chi connectivity index (χ2n) is 5.58. The predicted molar refractivity (Wildman–Crippen MR) is 86.8 cm³/mol. The number of nitrogens with zero attached hydrogens (tertiary/aromatic N) is 2. The van der Waals surface area contributed by atoms with Crippen LogP contribution in [-0.4, -0.2) is 24.5 Å². The molecule has 0 radical (unpaired) electrons. The lowest BCUT2D eigenvalue weighted by molar-refractivity contribution is 0.0926. The standard InChI is InChI=1S/C15H20N4O4S/c1-5-12(15-17-10(4)19-23-15)18-14(20)11-6-8(2)9(3)13(7-11)24(16,21)22/h6-7,12H,5H2,1-4H3,(H,18,20)(H2,16,21,22)/t12-/m0/s1. The van der Waals surface area contributed by atoms with Crippen molar-refractivity contribution < 1.29 is 17.7 Å². The molecule has 1 aromatic heterocycles. The Hall–Kier alpha value is -2.26. The molecule has 0 bridgehead atoms. The maximum atomic E-state index is 12.5. The minimum Gasteiger partial charge on any atom is -0.340 e. The lowest BCUT2D eigenvalue weighted by Crippen LogP contribution is -2.29. The van der Waals surface area contributed by atoms with Crippen molar-refractivity contribution in [2.45, 2.75) is 45.1 Å². The van der Waals surface area contributed by atoms with Crippen molar-refractivity contribution in [1.82, 2.24) is 15.5 Å². The van der Waals surface area contributed by atoms with Crippen LogP contribution in [0, 0.1) is 20.8 Å². The van der Waals surface area contributed by atoms with E-state index in [2.05, 4.69) is 15.5 Å². The smallest absolute Gasteiger partial charge is 0.251 e. The van der Waals surface area contributed by atoms with E-state index in [0.717, 1.165) is 0 Å². The molecule has 0 unspecified atom stereocenters. The number of carbonyl (C=O) groups excluding carboxylic acids is 1. The van der Waals surface area contributed by atoms with Crippen molar-refractivity contribution in [3.8, 4) is 0 Å². The maximum Gasteiger partial charge on any atom is 0.251 e. The first kappa shape index (κ1) is 18.1. The number of carbonyl (C=O) groups is 1. The predicted octanol–water partition coefficient (Wildman–Crippen LogP) is 1.52. The molecule has 24 heavy (non-hydrogen) atoms. The maximum absolute atomic E-state index is 12.5. The molecule has 0 spiro atoms. The molecule has 3 N–H and O–H groups in total. The molecule has 0 aliphatic heterocycles. The van der Waals surface area contributed by atoms with E-state index in [4.69, 9.17) is 9.66 Å². The summed E-state index contributed by atoms with van der Waals surface area (Å²) in [6.45, 7) is 6.91. The van der Waals surface area contributed by atoms with Crippen LogP contribution in [0.25, 0.3) is 0 Å². The molecule has 0 saturated carbocycles. The van der Waals surface area contributed by atoms with Crippen molar-refractivity contribution in [3.63, 3.8) is 0 Å². The molecule has 0 fully saturated rings. The van der Waals surface area contributed by atoms with Crippen molar-refractivity contribution >= 4 is 15.9 Å². The number of aryl methyl sites for hydroxylation is 2. The van der Waals surface area contributed by atoms with Gasteiger partial charge in [-0.2, -0.15) is 4.98 Å². The van der Waals surface area contributed by atoms with Gasteiger partial charge in [0, 0.05) is 5.56 Å². The summed E-state index contributed by atoms with van der Waals surface area (Å²) in [5, 5.41) is 11.7. The Morgan fingerprint density at radius 2 is 2.00 bits per heavy atom. The minimum atomic E-state index is -3.92. The van der Waals surface area contributed by atoms with Gasteiger partial charge in [0.1, 0.15) is 6.04 Å². The number of sulfonamides is 1. The number of hydrogen-bond acceptors (Lipinski definition) is 6. The molecule has 1 heterocycles. The Kier molecular flexibility index (Phi) is 5.05. The molecule has 0 aliphatic rings. The van der Waals surface area contributed by atoms with E-state index in [9.17, 15) is 13.2 Å². The molecule has 2 rings (SSSR count). The van der Waals surface area contributed by atoms with Gasteiger partial charge in [-0.15, -0.1) is 0 Å². The number of primary sulfonamides is 1. The summed E-state index contributed by atoms with van der Waals surface area (Å²) >= 11 is 0. The first-order valence-corrected chi connectivity index (χ1v) is 8.93. The molecule has 0 saturated heterocycles. The van der Waals surface area contributed by atoms with Crippen molar-refractivity contribution in [3.05, 3.63) is 40.5 Å². The second-order valence-corrected chi connectivity index (χ2v) is 7.11. The van der Waals surface area contributed by atoms with Gasteiger partial charge in [0.2, 0.25) is 15.9 Å². The summed E-state index contributed by atoms with van der Waals surface area (Å²) in [6.07, 6.45) is 0.542. The zero-order valence-electron chi connectivity index (χ0n) is 14.0. The SMILES string of the molecule is CC[C@H](NC(=O)c1cc(C)c(C)c(S(N)(=O)=O)c1)c1nc(C)no1. The van der Waals surface area contributed by atoms with Crippen LogP contribution in [0.4, 0.5) is 0 Å². The largest absolute Gasteiger partial charge is 0.340 e. The lowest BCUT2D eigenvalue weighted by atomic mass is 10.1. The van der Waals surface area contributed by atoms with Crippen LogP contribution in [0.1, 0.15) is 52.6 Å². The van der Waals surface area contributed by atoms with E-state index in [-0.39, 0.29) is 10.5 Å².